The van der Waals surface area contributed by atoms with Gasteiger partial charge in [-0.2, -0.15) is 13.2 Å². The van der Waals surface area contributed by atoms with Crippen LogP contribution in [0.5, 0.6) is 0 Å². The Labute approximate surface area is 171 Å². The second-order valence-electron chi connectivity index (χ2n) is 6.97. The van der Waals surface area contributed by atoms with Crippen LogP contribution in [0, 0.1) is 6.92 Å². The van der Waals surface area contributed by atoms with E-state index in [-0.39, 0.29) is 17.5 Å². The van der Waals surface area contributed by atoms with E-state index in [1.807, 2.05) is 19.1 Å². The molecule has 0 spiro atoms. The number of para-hydroxylation sites is 2. The molecule has 1 atom stereocenters. The molecule has 0 saturated heterocycles. The number of carbonyl (C=O) groups is 1. The highest BCUT2D eigenvalue weighted by Crippen LogP contribution is 2.29. The first-order chi connectivity index (χ1) is 14.2. The van der Waals surface area contributed by atoms with Crippen molar-refractivity contribution in [3.8, 4) is 0 Å². The number of rotatable bonds is 5. The Balaban J connectivity index is 2.22. The van der Waals surface area contributed by atoms with Crippen LogP contribution in [-0.2, 0) is 11.0 Å². The van der Waals surface area contributed by atoms with Crippen molar-refractivity contribution in [2.75, 3.05) is 11.4 Å². The highest BCUT2D eigenvalue weighted by Gasteiger charge is 2.39. The van der Waals surface area contributed by atoms with Crippen LogP contribution >= 0.6 is 0 Å². The molecule has 0 saturated carbocycles. The van der Waals surface area contributed by atoms with E-state index in [9.17, 15) is 22.8 Å². The van der Waals surface area contributed by atoms with Gasteiger partial charge in [0.25, 0.3) is 5.56 Å². The fourth-order valence-corrected chi connectivity index (χ4v) is 3.56. The lowest BCUT2D eigenvalue weighted by molar-refractivity contribution is -0.142. The maximum atomic E-state index is 13.5. The summed E-state index contributed by atoms with van der Waals surface area (Å²) < 4.78 is 41.4. The highest BCUT2D eigenvalue weighted by molar-refractivity contribution is 5.97. The lowest BCUT2D eigenvalue weighted by Gasteiger charge is -2.28. The Morgan fingerprint density at radius 2 is 1.83 bits per heavy atom. The number of carbonyl (C=O) groups excluding carboxylic acids is 1. The van der Waals surface area contributed by atoms with Gasteiger partial charge >= 0.3 is 6.18 Å². The molecule has 0 fully saturated rings. The molecule has 1 amide bonds. The third-order valence-corrected chi connectivity index (χ3v) is 4.94. The van der Waals surface area contributed by atoms with Crippen LogP contribution in [0.2, 0.25) is 0 Å². The Morgan fingerprint density at radius 1 is 1.13 bits per heavy atom. The van der Waals surface area contributed by atoms with E-state index in [2.05, 4.69) is 4.98 Å². The number of amides is 1. The van der Waals surface area contributed by atoms with Gasteiger partial charge in [0.1, 0.15) is 6.04 Å². The Hall–Kier alpha value is -3.16. The molecule has 1 heterocycles. The largest absolute Gasteiger partial charge is 0.438 e. The molecule has 1 aromatic heterocycles. The van der Waals surface area contributed by atoms with Crippen molar-refractivity contribution >= 4 is 22.6 Å². The molecule has 0 N–H and O–H groups in total. The number of fused-ring (bicyclic) bond motifs is 1. The van der Waals surface area contributed by atoms with E-state index >= 15 is 0 Å². The fraction of sp³-hybridized carbons (Fsp3) is 0.318. The van der Waals surface area contributed by atoms with Crippen molar-refractivity contribution in [2.45, 2.75) is 39.4 Å². The van der Waals surface area contributed by atoms with Crippen molar-refractivity contribution in [3.63, 3.8) is 0 Å². The first-order valence-electron chi connectivity index (χ1n) is 9.65. The van der Waals surface area contributed by atoms with Crippen LogP contribution < -0.4 is 10.5 Å². The predicted octanol–water partition coefficient (Wildman–Crippen LogP) is 4.73. The van der Waals surface area contributed by atoms with Gasteiger partial charge in [0, 0.05) is 12.2 Å². The number of nitrogens with zero attached hydrogens (tertiary/aromatic N) is 3. The van der Waals surface area contributed by atoms with E-state index in [1.54, 1.807) is 32.0 Å². The number of aromatic nitrogens is 2. The van der Waals surface area contributed by atoms with Crippen molar-refractivity contribution in [1.82, 2.24) is 9.55 Å². The van der Waals surface area contributed by atoms with E-state index in [4.69, 9.17) is 0 Å². The second kappa shape index (κ2) is 8.30. The van der Waals surface area contributed by atoms with Gasteiger partial charge in [0.15, 0.2) is 0 Å². The number of likely N-dealkylation sites (N-methyl/N-ethyl adjacent to an activating group) is 1. The maximum absolute atomic E-state index is 13.5. The number of anilines is 1. The van der Waals surface area contributed by atoms with Crippen LogP contribution in [0.1, 0.15) is 37.6 Å². The number of halogens is 3. The van der Waals surface area contributed by atoms with Gasteiger partial charge in [0.2, 0.25) is 11.6 Å². The summed E-state index contributed by atoms with van der Waals surface area (Å²) in [5.41, 5.74) is -1.07. The zero-order chi connectivity index (χ0) is 22.1. The molecule has 3 aromatic rings. The quantitative estimate of drug-likeness (QED) is 0.603. The standard InChI is InChI=1S/C22H22F3N3O2/c1-4-17(20(29)27(5-2)15-10-8-9-14(3)13-15)28-18-12-7-6-11-16(18)26-19(21(28)30)22(23,24)25/h6-13,17H,4-5H2,1-3H3/t17-/m0/s1. The smallest absolute Gasteiger partial charge is 0.311 e. The van der Waals surface area contributed by atoms with Gasteiger partial charge < -0.3 is 4.90 Å². The summed E-state index contributed by atoms with van der Waals surface area (Å²) in [4.78, 5) is 31.3. The molecule has 0 bridgehead atoms. The summed E-state index contributed by atoms with van der Waals surface area (Å²) in [7, 11) is 0. The summed E-state index contributed by atoms with van der Waals surface area (Å²) in [5.74, 6) is -0.447. The third-order valence-electron chi connectivity index (χ3n) is 4.94. The third kappa shape index (κ3) is 3.94. The van der Waals surface area contributed by atoms with Crippen molar-refractivity contribution in [2.24, 2.45) is 0 Å². The van der Waals surface area contributed by atoms with Crippen molar-refractivity contribution < 1.29 is 18.0 Å². The monoisotopic (exact) mass is 417 g/mol. The summed E-state index contributed by atoms with van der Waals surface area (Å²) in [6.07, 6.45) is -4.78. The molecule has 0 aliphatic carbocycles. The molecule has 30 heavy (non-hydrogen) atoms. The average molecular weight is 417 g/mol. The molecule has 8 heteroatoms. The van der Waals surface area contributed by atoms with Gasteiger partial charge in [-0.3, -0.25) is 14.2 Å². The number of benzene rings is 2. The SMILES string of the molecule is CC[C@@H](C(=O)N(CC)c1cccc(C)c1)n1c(=O)c(C(F)(F)F)nc2ccccc21. The Morgan fingerprint density at radius 3 is 2.43 bits per heavy atom. The minimum atomic E-state index is -4.93. The molecular weight excluding hydrogens is 395 g/mol. The molecule has 158 valence electrons. The van der Waals surface area contributed by atoms with Crippen LogP contribution in [0.4, 0.5) is 18.9 Å². The van der Waals surface area contributed by atoms with Crippen LogP contribution in [0.15, 0.2) is 53.3 Å². The predicted molar refractivity (Wildman–Crippen MR) is 110 cm³/mol. The summed E-state index contributed by atoms with van der Waals surface area (Å²) >= 11 is 0. The molecular formula is C22H22F3N3O2. The molecule has 0 aliphatic heterocycles. The zero-order valence-corrected chi connectivity index (χ0v) is 16.9. The lowest BCUT2D eigenvalue weighted by Crippen LogP contribution is -2.42. The van der Waals surface area contributed by atoms with E-state index in [1.165, 1.54) is 23.1 Å². The van der Waals surface area contributed by atoms with Gasteiger partial charge in [-0.15, -0.1) is 0 Å². The summed E-state index contributed by atoms with van der Waals surface area (Å²) in [6.45, 7) is 5.64. The average Bonchev–Trinajstić information content (AvgIpc) is 2.69. The molecule has 0 unspecified atom stereocenters. The van der Waals surface area contributed by atoms with Gasteiger partial charge in [-0.25, -0.2) is 4.98 Å². The minimum absolute atomic E-state index is 0.00859. The zero-order valence-electron chi connectivity index (χ0n) is 16.9. The van der Waals surface area contributed by atoms with Gasteiger partial charge in [0.05, 0.1) is 11.0 Å². The normalized spacial score (nSPS) is 12.7. The van der Waals surface area contributed by atoms with Crippen LogP contribution in [0.25, 0.3) is 11.0 Å². The molecule has 0 aliphatic rings. The fourth-order valence-electron chi connectivity index (χ4n) is 3.56. The molecule has 3 rings (SSSR count). The van der Waals surface area contributed by atoms with E-state index < -0.39 is 29.4 Å². The van der Waals surface area contributed by atoms with E-state index in [0.717, 1.165) is 10.1 Å². The van der Waals surface area contributed by atoms with Crippen molar-refractivity contribution in [3.05, 3.63) is 70.1 Å². The summed E-state index contributed by atoms with van der Waals surface area (Å²) in [6, 6.07) is 12.2. The maximum Gasteiger partial charge on any atom is 0.438 e. The first-order valence-corrected chi connectivity index (χ1v) is 9.65. The minimum Gasteiger partial charge on any atom is -0.311 e. The van der Waals surface area contributed by atoms with Gasteiger partial charge in [-0.05, 0) is 50.1 Å². The second-order valence-corrected chi connectivity index (χ2v) is 6.97. The summed E-state index contributed by atoms with van der Waals surface area (Å²) in [5, 5.41) is 0. The van der Waals surface area contributed by atoms with E-state index in [0.29, 0.717) is 12.2 Å². The van der Waals surface area contributed by atoms with Crippen molar-refractivity contribution in [1.29, 1.82) is 0 Å². The number of hydrogen-bond acceptors (Lipinski definition) is 3. The Kier molecular flexibility index (Phi) is 5.96. The van der Waals surface area contributed by atoms with Gasteiger partial charge in [-0.1, -0.05) is 31.2 Å². The van der Waals surface area contributed by atoms with Crippen LogP contribution in [-0.4, -0.2) is 22.0 Å². The molecule has 5 nitrogen and oxygen atoms in total. The van der Waals surface area contributed by atoms with Crippen LogP contribution in [0.3, 0.4) is 0 Å². The number of alkyl halides is 3. The first kappa shape index (κ1) is 21.5. The molecule has 2 aromatic carbocycles. The highest BCUT2D eigenvalue weighted by atomic mass is 19.4. The Bertz CT molecular complexity index is 1140. The topological polar surface area (TPSA) is 55.2 Å². The number of aryl methyl sites for hydroxylation is 1. The number of hydrogen-bond donors (Lipinski definition) is 0. The lowest BCUT2D eigenvalue weighted by atomic mass is 10.1. The molecule has 0 radical (unpaired) electrons.